The first-order chi connectivity index (χ1) is 22.4. The summed E-state index contributed by atoms with van der Waals surface area (Å²) in [6.07, 6.45) is -0.623. The van der Waals surface area contributed by atoms with E-state index in [1.54, 1.807) is 0 Å². The van der Waals surface area contributed by atoms with E-state index >= 15 is 9.13 Å². The number of benzene rings is 6. The summed E-state index contributed by atoms with van der Waals surface area (Å²) in [6, 6.07) is 49.9. The van der Waals surface area contributed by atoms with Gasteiger partial charge in [0.25, 0.3) is 0 Å². The highest BCUT2D eigenvalue weighted by atomic mass is 31.2. The zero-order chi connectivity index (χ0) is 31.7. The van der Waals surface area contributed by atoms with Crippen LogP contribution in [-0.2, 0) is 9.13 Å². The van der Waals surface area contributed by atoms with Crippen molar-refractivity contribution in [3.05, 3.63) is 158 Å². The van der Waals surface area contributed by atoms with Crippen LogP contribution in [0.15, 0.2) is 158 Å². The maximum atomic E-state index is 16.0. The number of hydrogen-bond acceptors (Lipinski definition) is 4. The largest absolute Gasteiger partial charge is 0.486 e. The Morgan fingerprint density at radius 1 is 0.391 bits per heavy atom. The Balaban J connectivity index is 1.63. The molecule has 4 nitrogen and oxygen atoms in total. The second-order valence-corrected chi connectivity index (χ2v) is 17.0. The second-order valence-electron chi connectivity index (χ2n) is 11.5. The summed E-state index contributed by atoms with van der Waals surface area (Å²) in [5.74, 6) is 1.15. The van der Waals surface area contributed by atoms with Crippen LogP contribution in [0.25, 0.3) is 11.1 Å². The summed E-state index contributed by atoms with van der Waals surface area (Å²) in [5.41, 5.74) is 1.27. The molecule has 0 aliphatic carbocycles. The first kappa shape index (κ1) is 30.1. The zero-order valence-electron chi connectivity index (χ0n) is 25.7. The summed E-state index contributed by atoms with van der Waals surface area (Å²) in [5, 5.41) is 4.02. The van der Waals surface area contributed by atoms with E-state index in [0.29, 0.717) is 54.5 Å². The maximum Gasteiger partial charge on any atom is 0.171 e. The summed E-state index contributed by atoms with van der Waals surface area (Å²) in [7, 11) is -7.00. The molecule has 0 unspecified atom stereocenters. The van der Waals surface area contributed by atoms with E-state index in [4.69, 9.17) is 9.47 Å². The van der Waals surface area contributed by atoms with Gasteiger partial charge in [-0.15, -0.1) is 0 Å². The molecule has 6 heteroatoms. The molecule has 0 saturated carbocycles. The maximum absolute atomic E-state index is 16.0. The van der Waals surface area contributed by atoms with Crippen molar-refractivity contribution in [1.82, 2.24) is 0 Å². The highest BCUT2D eigenvalue weighted by molar-refractivity contribution is 7.86. The van der Waals surface area contributed by atoms with Gasteiger partial charge in [0.2, 0.25) is 0 Å². The van der Waals surface area contributed by atoms with Crippen LogP contribution >= 0.6 is 14.3 Å². The number of hydrogen-bond donors (Lipinski definition) is 0. The highest BCUT2D eigenvalue weighted by Gasteiger charge is 2.40. The van der Waals surface area contributed by atoms with Crippen molar-refractivity contribution in [2.75, 3.05) is 0 Å². The third-order valence-corrected chi connectivity index (χ3v) is 14.9. The third-order valence-electron chi connectivity index (χ3n) is 8.70. The molecule has 2 atom stereocenters. The Morgan fingerprint density at radius 3 is 0.957 bits per heavy atom. The van der Waals surface area contributed by atoms with Gasteiger partial charge in [-0.1, -0.05) is 133 Å². The first-order valence-corrected chi connectivity index (χ1v) is 18.9. The molecule has 0 fully saturated rings. The number of fused-ring (bicyclic) bond motifs is 3. The molecule has 0 saturated heterocycles. The second kappa shape index (κ2) is 12.3. The molecular formula is C40H34O4P2. The SMILES string of the molecule is C[C@@H]1Oc2cccc(P(=O)(c3ccccc3)c3ccccc3)c2-c2c(cccc2P(=O)(c2ccccc2)c2ccccc2)O[C@H]1C. The van der Waals surface area contributed by atoms with Crippen LogP contribution in [0.2, 0.25) is 0 Å². The van der Waals surface area contributed by atoms with Gasteiger partial charge in [-0.2, -0.15) is 0 Å². The minimum Gasteiger partial charge on any atom is -0.486 e. The molecule has 0 amide bonds. The molecule has 0 bridgehead atoms. The van der Waals surface area contributed by atoms with Gasteiger partial charge in [0.05, 0.1) is 0 Å². The van der Waals surface area contributed by atoms with Gasteiger partial charge >= 0.3 is 0 Å². The van der Waals surface area contributed by atoms with Gasteiger partial charge < -0.3 is 18.6 Å². The van der Waals surface area contributed by atoms with E-state index in [9.17, 15) is 0 Å². The zero-order valence-corrected chi connectivity index (χ0v) is 27.5. The monoisotopic (exact) mass is 640 g/mol. The molecule has 1 aliphatic heterocycles. The van der Waals surface area contributed by atoms with Crippen LogP contribution in [0.1, 0.15) is 13.8 Å². The number of rotatable bonds is 6. The fourth-order valence-corrected chi connectivity index (χ4v) is 12.0. The van der Waals surface area contributed by atoms with Gasteiger partial charge in [-0.25, -0.2) is 0 Å². The first-order valence-electron chi connectivity index (χ1n) is 15.5. The molecule has 0 aromatic heterocycles. The van der Waals surface area contributed by atoms with E-state index in [0.717, 1.165) is 0 Å². The molecule has 6 aromatic rings. The Hall–Kier alpha value is -4.62. The summed E-state index contributed by atoms with van der Waals surface area (Å²) < 4.78 is 45.3. The lowest BCUT2D eigenvalue weighted by atomic mass is 10.0. The Kier molecular flexibility index (Phi) is 8.03. The average molecular weight is 641 g/mol. The average Bonchev–Trinajstić information content (AvgIpc) is 3.12. The lowest BCUT2D eigenvalue weighted by molar-refractivity contribution is 0.0763. The number of ether oxygens (including phenoxy) is 2. The molecule has 1 heterocycles. The van der Waals surface area contributed by atoms with Gasteiger partial charge in [0, 0.05) is 43.0 Å². The van der Waals surface area contributed by atoms with E-state index in [1.165, 1.54) is 0 Å². The minimum absolute atomic E-state index is 0.311. The predicted molar refractivity (Wildman–Crippen MR) is 191 cm³/mol. The molecule has 0 radical (unpaired) electrons. The normalized spacial score (nSPS) is 16.1. The minimum atomic E-state index is -3.50. The molecule has 228 valence electrons. The van der Waals surface area contributed by atoms with Gasteiger partial charge in [0.15, 0.2) is 14.3 Å². The van der Waals surface area contributed by atoms with E-state index in [1.807, 2.05) is 172 Å². The molecule has 1 aliphatic rings. The van der Waals surface area contributed by atoms with Crippen molar-refractivity contribution in [1.29, 1.82) is 0 Å². The van der Waals surface area contributed by atoms with Crippen molar-refractivity contribution in [2.24, 2.45) is 0 Å². The standard InChI is InChI=1S/C40H34O4P2/c1-29-30(2)44-36-26-16-28-38(46(42,33-21-11-5-12-22-33)34-23-13-6-14-24-34)40(36)39-35(43-29)25-15-27-37(39)45(41,31-17-7-3-8-18-31)32-19-9-4-10-20-32/h3-30H,1-2H3/t29-,30-/m0/s1. The Morgan fingerprint density at radius 2 is 0.674 bits per heavy atom. The van der Waals surface area contributed by atoms with Gasteiger partial charge in [-0.3, -0.25) is 0 Å². The van der Waals surface area contributed by atoms with Crippen LogP contribution in [0.5, 0.6) is 11.5 Å². The van der Waals surface area contributed by atoms with Crippen LogP contribution in [-0.4, -0.2) is 12.2 Å². The van der Waals surface area contributed by atoms with Crippen LogP contribution in [0.3, 0.4) is 0 Å². The van der Waals surface area contributed by atoms with Crippen molar-refractivity contribution < 1.29 is 18.6 Å². The van der Waals surface area contributed by atoms with Crippen LogP contribution < -0.4 is 41.3 Å². The topological polar surface area (TPSA) is 52.6 Å². The smallest absolute Gasteiger partial charge is 0.171 e. The van der Waals surface area contributed by atoms with Crippen molar-refractivity contribution >= 4 is 46.1 Å². The van der Waals surface area contributed by atoms with E-state index in [-0.39, 0.29) is 12.2 Å². The highest BCUT2D eigenvalue weighted by Crippen LogP contribution is 2.53. The lowest BCUT2D eigenvalue weighted by Crippen LogP contribution is -2.36. The van der Waals surface area contributed by atoms with E-state index < -0.39 is 14.3 Å². The van der Waals surface area contributed by atoms with Crippen LogP contribution in [0, 0.1) is 0 Å². The Labute approximate surface area is 270 Å². The molecule has 7 rings (SSSR count). The predicted octanol–water partition coefficient (Wildman–Crippen LogP) is 7.18. The molecule has 6 aromatic carbocycles. The van der Waals surface area contributed by atoms with E-state index in [2.05, 4.69) is 0 Å². The summed E-state index contributed by atoms with van der Waals surface area (Å²) in [4.78, 5) is 0. The summed E-state index contributed by atoms with van der Waals surface area (Å²) in [6.45, 7) is 3.95. The quantitative estimate of drug-likeness (QED) is 0.181. The van der Waals surface area contributed by atoms with Gasteiger partial charge in [-0.05, 0) is 38.1 Å². The van der Waals surface area contributed by atoms with Gasteiger partial charge in [0.1, 0.15) is 23.7 Å². The van der Waals surface area contributed by atoms with Crippen LogP contribution in [0.4, 0.5) is 0 Å². The van der Waals surface area contributed by atoms with Crippen molar-refractivity contribution in [2.45, 2.75) is 26.1 Å². The molecular weight excluding hydrogens is 606 g/mol. The van der Waals surface area contributed by atoms with Crippen molar-refractivity contribution in [3.8, 4) is 22.6 Å². The Bertz CT molecular complexity index is 1840. The summed E-state index contributed by atoms with van der Waals surface area (Å²) >= 11 is 0. The molecule has 0 spiro atoms. The lowest BCUT2D eigenvalue weighted by Gasteiger charge is -2.33. The molecule has 0 N–H and O–H groups in total. The van der Waals surface area contributed by atoms with Crippen molar-refractivity contribution in [3.63, 3.8) is 0 Å². The third kappa shape index (κ3) is 5.03. The fraction of sp³-hybridized carbons (Fsp3) is 0.100. The molecule has 46 heavy (non-hydrogen) atoms. The fourth-order valence-electron chi connectivity index (χ4n) is 6.26.